The molecule has 2 nitrogen and oxygen atoms in total. The van der Waals surface area contributed by atoms with Crippen molar-refractivity contribution in [1.82, 2.24) is 5.32 Å². The molecule has 0 unspecified atom stereocenters. The van der Waals surface area contributed by atoms with Crippen LogP contribution in [0.25, 0.3) is 0 Å². The maximum atomic E-state index is 12.7. The zero-order valence-electron chi connectivity index (χ0n) is 9.62. The molecule has 0 radical (unpaired) electrons. The van der Waals surface area contributed by atoms with Crippen molar-refractivity contribution in [3.8, 4) is 0 Å². The van der Waals surface area contributed by atoms with Crippen LogP contribution in [0.4, 0.5) is 4.39 Å². The first-order chi connectivity index (χ1) is 8.25. The molecule has 0 spiro atoms. The summed E-state index contributed by atoms with van der Waals surface area (Å²) in [5.74, 6) is 2.21. The van der Waals surface area contributed by atoms with E-state index in [-0.39, 0.29) is 17.6 Å². The van der Waals surface area contributed by atoms with E-state index in [9.17, 15) is 9.18 Å². The van der Waals surface area contributed by atoms with E-state index < -0.39 is 0 Å². The number of carbonyl (C=O) groups is 1. The molecule has 4 heteroatoms. The summed E-state index contributed by atoms with van der Waals surface area (Å²) >= 11 is 1.91. The molecule has 1 aliphatic heterocycles. The predicted molar refractivity (Wildman–Crippen MR) is 68.3 cm³/mol. The first kappa shape index (κ1) is 12.4. The second-order valence-corrected chi connectivity index (χ2v) is 5.46. The molecule has 1 amide bonds. The Morgan fingerprint density at radius 3 is 2.59 bits per heavy atom. The van der Waals surface area contributed by atoms with E-state index in [4.69, 9.17) is 0 Å². The monoisotopic (exact) mass is 253 g/mol. The van der Waals surface area contributed by atoms with E-state index in [1.807, 2.05) is 11.8 Å². The van der Waals surface area contributed by atoms with Crippen LogP contribution in [0.15, 0.2) is 24.3 Å². The lowest BCUT2D eigenvalue weighted by Crippen LogP contribution is -2.32. The first-order valence-corrected chi connectivity index (χ1v) is 7.01. The molecule has 0 atom stereocenters. The van der Waals surface area contributed by atoms with Gasteiger partial charge in [-0.2, -0.15) is 11.8 Å². The summed E-state index contributed by atoms with van der Waals surface area (Å²) in [6.07, 6.45) is 1.94. The summed E-state index contributed by atoms with van der Waals surface area (Å²) in [6, 6.07) is 6.23. The fourth-order valence-electron chi connectivity index (χ4n) is 1.90. The van der Waals surface area contributed by atoms with Crippen LogP contribution in [-0.4, -0.2) is 17.4 Å². The highest BCUT2D eigenvalue weighted by Crippen LogP contribution is 2.22. The number of halogens is 1. The van der Waals surface area contributed by atoms with Crippen LogP contribution >= 0.6 is 11.8 Å². The fourth-order valence-corrected chi connectivity index (χ4v) is 3.00. The summed E-state index contributed by atoms with van der Waals surface area (Å²) in [5.41, 5.74) is 0.935. The molecule has 92 valence electrons. The number of thioether (sulfide) groups is 1. The first-order valence-electron chi connectivity index (χ1n) is 5.85. The van der Waals surface area contributed by atoms with E-state index >= 15 is 0 Å². The standard InChI is InChI=1S/C13H16FNOS/c14-12-3-1-10(2-4-12)9-15-13(16)11-5-7-17-8-6-11/h1-4,11H,5-9H2,(H,15,16). The molecule has 0 aliphatic carbocycles. The molecule has 0 bridgehead atoms. The van der Waals surface area contributed by atoms with Crippen molar-refractivity contribution in [2.24, 2.45) is 5.92 Å². The largest absolute Gasteiger partial charge is 0.352 e. The van der Waals surface area contributed by atoms with Crippen LogP contribution < -0.4 is 5.32 Å². The Morgan fingerprint density at radius 1 is 1.29 bits per heavy atom. The number of nitrogens with one attached hydrogen (secondary N) is 1. The normalized spacial score (nSPS) is 16.8. The van der Waals surface area contributed by atoms with Crippen molar-refractivity contribution in [3.63, 3.8) is 0 Å². The highest BCUT2D eigenvalue weighted by Gasteiger charge is 2.20. The molecular formula is C13H16FNOS. The van der Waals surface area contributed by atoms with Crippen molar-refractivity contribution < 1.29 is 9.18 Å². The fraction of sp³-hybridized carbons (Fsp3) is 0.462. The molecule has 1 aromatic rings. The molecule has 1 aromatic carbocycles. The summed E-state index contributed by atoms with van der Waals surface area (Å²) in [4.78, 5) is 11.8. The third kappa shape index (κ3) is 3.73. The highest BCUT2D eigenvalue weighted by atomic mass is 32.2. The van der Waals surface area contributed by atoms with Gasteiger partial charge in [-0.25, -0.2) is 4.39 Å². The van der Waals surface area contributed by atoms with Crippen LogP contribution in [-0.2, 0) is 11.3 Å². The lowest BCUT2D eigenvalue weighted by molar-refractivity contribution is -0.125. The van der Waals surface area contributed by atoms with Crippen LogP contribution in [0.3, 0.4) is 0 Å². The molecule has 17 heavy (non-hydrogen) atoms. The Kier molecular flexibility index (Phi) is 4.42. The van der Waals surface area contributed by atoms with Gasteiger partial charge >= 0.3 is 0 Å². The smallest absolute Gasteiger partial charge is 0.223 e. The number of hydrogen-bond acceptors (Lipinski definition) is 2. The van der Waals surface area contributed by atoms with Gasteiger partial charge in [0.05, 0.1) is 0 Å². The minimum Gasteiger partial charge on any atom is -0.352 e. The van der Waals surface area contributed by atoms with Gasteiger partial charge in [0, 0.05) is 12.5 Å². The van der Waals surface area contributed by atoms with Crippen molar-refractivity contribution in [2.45, 2.75) is 19.4 Å². The number of rotatable bonds is 3. The Balaban J connectivity index is 1.81. The van der Waals surface area contributed by atoms with Gasteiger partial charge in [-0.05, 0) is 42.0 Å². The van der Waals surface area contributed by atoms with E-state index in [2.05, 4.69) is 5.32 Å². The topological polar surface area (TPSA) is 29.1 Å². The van der Waals surface area contributed by atoms with Gasteiger partial charge in [0.2, 0.25) is 5.91 Å². The molecule has 0 aromatic heterocycles. The van der Waals surface area contributed by atoms with Gasteiger partial charge in [0.15, 0.2) is 0 Å². The second-order valence-electron chi connectivity index (χ2n) is 4.23. The third-order valence-corrected chi connectivity index (χ3v) is 4.02. The average Bonchev–Trinajstić information content (AvgIpc) is 2.39. The van der Waals surface area contributed by atoms with Crippen molar-refractivity contribution >= 4 is 17.7 Å². The Morgan fingerprint density at radius 2 is 1.94 bits per heavy atom. The average molecular weight is 253 g/mol. The molecule has 1 fully saturated rings. The van der Waals surface area contributed by atoms with Crippen LogP contribution in [0.2, 0.25) is 0 Å². The van der Waals surface area contributed by atoms with Gasteiger partial charge < -0.3 is 5.32 Å². The summed E-state index contributed by atoms with van der Waals surface area (Å²) in [6.45, 7) is 0.489. The Hall–Kier alpha value is -1.03. The molecular weight excluding hydrogens is 237 g/mol. The van der Waals surface area contributed by atoms with E-state index in [0.29, 0.717) is 6.54 Å². The van der Waals surface area contributed by atoms with Gasteiger partial charge in [0.25, 0.3) is 0 Å². The van der Waals surface area contributed by atoms with Crippen LogP contribution in [0.5, 0.6) is 0 Å². The zero-order valence-corrected chi connectivity index (χ0v) is 10.4. The second kappa shape index (κ2) is 6.05. The Labute approximate surface area is 105 Å². The molecule has 1 aliphatic rings. The maximum Gasteiger partial charge on any atom is 0.223 e. The zero-order chi connectivity index (χ0) is 12.1. The van der Waals surface area contributed by atoms with Gasteiger partial charge in [-0.15, -0.1) is 0 Å². The minimum absolute atomic E-state index is 0.134. The summed E-state index contributed by atoms with van der Waals surface area (Å²) in [7, 11) is 0. The van der Waals surface area contributed by atoms with Crippen molar-refractivity contribution in [3.05, 3.63) is 35.6 Å². The van der Waals surface area contributed by atoms with Crippen molar-refractivity contribution in [1.29, 1.82) is 0 Å². The van der Waals surface area contributed by atoms with E-state index in [1.165, 1.54) is 12.1 Å². The summed E-state index contributed by atoms with van der Waals surface area (Å²) < 4.78 is 12.7. The van der Waals surface area contributed by atoms with Crippen molar-refractivity contribution in [2.75, 3.05) is 11.5 Å². The predicted octanol–water partition coefficient (Wildman–Crippen LogP) is 2.59. The Bertz CT molecular complexity index is 374. The molecule has 0 saturated carbocycles. The van der Waals surface area contributed by atoms with E-state index in [0.717, 1.165) is 29.9 Å². The molecule has 1 saturated heterocycles. The van der Waals surface area contributed by atoms with Gasteiger partial charge in [-0.3, -0.25) is 4.79 Å². The number of carbonyl (C=O) groups excluding carboxylic acids is 1. The third-order valence-electron chi connectivity index (χ3n) is 2.97. The molecule has 2 rings (SSSR count). The maximum absolute atomic E-state index is 12.7. The SMILES string of the molecule is O=C(NCc1ccc(F)cc1)C1CCSCC1. The lowest BCUT2D eigenvalue weighted by atomic mass is 10.0. The van der Waals surface area contributed by atoms with E-state index in [1.54, 1.807) is 12.1 Å². The lowest BCUT2D eigenvalue weighted by Gasteiger charge is -2.20. The van der Waals surface area contributed by atoms with Gasteiger partial charge in [-0.1, -0.05) is 12.1 Å². The number of hydrogen-bond donors (Lipinski definition) is 1. The number of amides is 1. The molecule has 1 heterocycles. The van der Waals surface area contributed by atoms with Crippen LogP contribution in [0, 0.1) is 11.7 Å². The minimum atomic E-state index is -0.246. The van der Waals surface area contributed by atoms with Gasteiger partial charge in [0.1, 0.15) is 5.82 Å². The molecule has 1 N–H and O–H groups in total. The van der Waals surface area contributed by atoms with Crippen LogP contribution in [0.1, 0.15) is 18.4 Å². The highest BCUT2D eigenvalue weighted by molar-refractivity contribution is 7.99. The quantitative estimate of drug-likeness (QED) is 0.897. The summed E-state index contributed by atoms with van der Waals surface area (Å²) in [5, 5.41) is 2.92. The number of benzene rings is 1.